The molecule has 0 spiro atoms. The van der Waals surface area contributed by atoms with Gasteiger partial charge in [-0.05, 0) is 49.3 Å². The average Bonchev–Trinajstić information content (AvgIpc) is 2.43. The summed E-state index contributed by atoms with van der Waals surface area (Å²) in [5, 5.41) is 13.8. The van der Waals surface area contributed by atoms with Gasteiger partial charge >= 0.3 is 0 Å². The zero-order chi connectivity index (χ0) is 15.7. The van der Waals surface area contributed by atoms with E-state index in [2.05, 4.69) is 19.2 Å². The van der Waals surface area contributed by atoms with Gasteiger partial charge in [-0.1, -0.05) is 25.4 Å². The molecule has 0 aromatic heterocycles. The van der Waals surface area contributed by atoms with Crippen LogP contribution in [0.25, 0.3) is 0 Å². The Balaban J connectivity index is 1.93. The van der Waals surface area contributed by atoms with E-state index in [4.69, 9.17) is 17.3 Å². The lowest BCUT2D eigenvalue weighted by atomic mass is 9.71. The first-order valence-electron chi connectivity index (χ1n) is 7.26. The Kier molecular flexibility index (Phi) is 4.49. The van der Waals surface area contributed by atoms with Gasteiger partial charge in [-0.2, -0.15) is 0 Å². The highest BCUT2D eigenvalue weighted by Gasteiger charge is 2.36. The highest BCUT2D eigenvalue weighted by Crippen LogP contribution is 2.39. The zero-order valence-corrected chi connectivity index (χ0v) is 13.3. The minimum atomic E-state index is -0.802. The Bertz CT molecular complexity index is 533. The second-order valence-corrected chi connectivity index (χ2v) is 7.21. The summed E-state index contributed by atoms with van der Waals surface area (Å²) >= 11 is 5.84. The van der Waals surface area contributed by atoms with E-state index in [0.29, 0.717) is 29.1 Å². The van der Waals surface area contributed by atoms with Crippen LogP contribution in [0.15, 0.2) is 18.2 Å². The van der Waals surface area contributed by atoms with Crippen LogP contribution in [0.5, 0.6) is 0 Å². The summed E-state index contributed by atoms with van der Waals surface area (Å²) in [5.41, 5.74) is 6.00. The molecule has 1 aliphatic rings. The van der Waals surface area contributed by atoms with Gasteiger partial charge in [0.2, 0.25) is 0 Å². The Morgan fingerprint density at radius 1 is 1.33 bits per heavy atom. The van der Waals surface area contributed by atoms with Crippen LogP contribution in [0.1, 0.15) is 49.9 Å². The Labute approximate surface area is 130 Å². The molecule has 4 N–H and O–H groups in total. The van der Waals surface area contributed by atoms with Crippen molar-refractivity contribution in [1.82, 2.24) is 5.32 Å². The van der Waals surface area contributed by atoms with Gasteiger partial charge in [0.15, 0.2) is 0 Å². The van der Waals surface area contributed by atoms with Gasteiger partial charge in [0.05, 0.1) is 16.3 Å². The maximum absolute atomic E-state index is 12.1. The number of amides is 1. The molecular formula is C16H23ClN2O2. The van der Waals surface area contributed by atoms with Crippen molar-refractivity contribution < 1.29 is 9.90 Å². The zero-order valence-electron chi connectivity index (χ0n) is 12.6. The molecule has 4 nitrogen and oxygen atoms in total. The molecule has 0 saturated heterocycles. The number of aliphatic hydroxyl groups is 1. The molecule has 0 aliphatic heterocycles. The molecular weight excluding hydrogens is 288 g/mol. The number of benzene rings is 1. The highest BCUT2D eigenvalue weighted by atomic mass is 35.5. The smallest absolute Gasteiger partial charge is 0.251 e. The predicted molar refractivity (Wildman–Crippen MR) is 85.4 cm³/mol. The minimum absolute atomic E-state index is 0.239. The molecule has 5 heteroatoms. The van der Waals surface area contributed by atoms with Crippen molar-refractivity contribution >= 4 is 23.2 Å². The molecule has 1 aliphatic carbocycles. The monoisotopic (exact) mass is 310 g/mol. The van der Waals surface area contributed by atoms with Gasteiger partial charge in [0.25, 0.3) is 5.91 Å². The summed E-state index contributed by atoms with van der Waals surface area (Å²) in [6.45, 7) is 4.69. The van der Waals surface area contributed by atoms with Crippen LogP contribution in [0.4, 0.5) is 5.69 Å². The van der Waals surface area contributed by atoms with Crippen molar-refractivity contribution in [3.8, 4) is 0 Å². The summed E-state index contributed by atoms with van der Waals surface area (Å²) in [6.07, 6.45) is 3.35. The van der Waals surface area contributed by atoms with Crippen molar-refractivity contribution in [2.75, 3.05) is 12.3 Å². The van der Waals surface area contributed by atoms with Gasteiger partial charge in [-0.15, -0.1) is 0 Å². The SMILES string of the molecule is CC1(C)CCC(O)(CNC(=O)c2ccc(Cl)c(N)c2)CC1. The molecule has 1 aromatic carbocycles. The molecule has 0 atom stereocenters. The molecule has 0 bridgehead atoms. The lowest BCUT2D eigenvalue weighted by Crippen LogP contribution is -2.46. The lowest BCUT2D eigenvalue weighted by molar-refractivity contribution is -0.0233. The third kappa shape index (κ3) is 4.11. The average molecular weight is 311 g/mol. The van der Waals surface area contributed by atoms with Crippen LogP contribution in [0.2, 0.25) is 5.02 Å². The topological polar surface area (TPSA) is 75.3 Å². The summed E-state index contributed by atoms with van der Waals surface area (Å²) in [6, 6.07) is 4.78. The summed E-state index contributed by atoms with van der Waals surface area (Å²) < 4.78 is 0. The first-order valence-corrected chi connectivity index (χ1v) is 7.64. The van der Waals surface area contributed by atoms with Crippen LogP contribution >= 0.6 is 11.6 Å². The fraction of sp³-hybridized carbons (Fsp3) is 0.562. The third-order valence-electron chi connectivity index (χ3n) is 4.37. The number of nitrogen functional groups attached to an aromatic ring is 1. The molecule has 21 heavy (non-hydrogen) atoms. The number of halogens is 1. The van der Waals surface area contributed by atoms with E-state index >= 15 is 0 Å². The molecule has 0 radical (unpaired) electrons. The Hall–Kier alpha value is -1.26. The van der Waals surface area contributed by atoms with E-state index in [1.165, 1.54) is 0 Å². The fourth-order valence-electron chi connectivity index (χ4n) is 2.60. The van der Waals surface area contributed by atoms with Crippen LogP contribution in [0.3, 0.4) is 0 Å². The van der Waals surface area contributed by atoms with E-state index < -0.39 is 5.60 Å². The Morgan fingerprint density at radius 2 is 1.95 bits per heavy atom. The van der Waals surface area contributed by atoms with Crippen LogP contribution in [0, 0.1) is 5.41 Å². The second-order valence-electron chi connectivity index (χ2n) is 6.81. The van der Waals surface area contributed by atoms with E-state index in [-0.39, 0.29) is 17.9 Å². The standard InChI is InChI=1S/C16H23ClN2O2/c1-15(2)5-7-16(21,8-6-15)10-19-14(20)11-3-4-12(17)13(18)9-11/h3-4,9,21H,5-8,10,18H2,1-2H3,(H,19,20). The first-order chi connectivity index (χ1) is 9.71. The normalized spacial score (nSPS) is 20.0. The molecule has 0 heterocycles. The Morgan fingerprint density at radius 3 is 2.52 bits per heavy atom. The largest absolute Gasteiger partial charge is 0.398 e. The van der Waals surface area contributed by atoms with Crippen molar-refractivity contribution in [3.63, 3.8) is 0 Å². The molecule has 1 amide bonds. The first kappa shape index (κ1) is 16.1. The third-order valence-corrected chi connectivity index (χ3v) is 4.71. The molecule has 1 aromatic rings. The number of carbonyl (C=O) groups is 1. The summed E-state index contributed by atoms with van der Waals surface area (Å²) in [5.74, 6) is -0.239. The lowest BCUT2D eigenvalue weighted by Gasteiger charge is -2.40. The van der Waals surface area contributed by atoms with Crippen molar-refractivity contribution in [1.29, 1.82) is 0 Å². The van der Waals surface area contributed by atoms with Crippen molar-refractivity contribution in [2.45, 2.75) is 45.1 Å². The maximum Gasteiger partial charge on any atom is 0.251 e. The number of anilines is 1. The molecule has 1 saturated carbocycles. The number of carbonyl (C=O) groups excluding carboxylic acids is 1. The van der Waals surface area contributed by atoms with Gasteiger partial charge in [0, 0.05) is 12.1 Å². The molecule has 0 unspecified atom stereocenters. The van der Waals surface area contributed by atoms with Crippen molar-refractivity contribution in [3.05, 3.63) is 28.8 Å². The summed E-state index contributed by atoms with van der Waals surface area (Å²) in [7, 11) is 0. The van der Waals surface area contributed by atoms with Crippen LogP contribution in [-0.4, -0.2) is 23.2 Å². The second kappa shape index (κ2) is 5.85. The van der Waals surface area contributed by atoms with Gasteiger partial charge < -0.3 is 16.2 Å². The number of hydrogen-bond acceptors (Lipinski definition) is 3. The maximum atomic E-state index is 12.1. The highest BCUT2D eigenvalue weighted by molar-refractivity contribution is 6.33. The van der Waals surface area contributed by atoms with Gasteiger partial charge in [0.1, 0.15) is 0 Å². The van der Waals surface area contributed by atoms with E-state index in [0.717, 1.165) is 12.8 Å². The quantitative estimate of drug-likeness (QED) is 0.751. The minimum Gasteiger partial charge on any atom is -0.398 e. The van der Waals surface area contributed by atoms with E-state index in [1.54, 1.807) is 18.2 Å². The summed E-state index contributed by atoms with van der Waals surface area (Å²) in [4.78, 5) is 12.1. The number of hydrogen-bond donors (Lipinski definition) is 3. The molecule has 116 valence electrons. The predicted octanol–water partition coefficient (Wildman–Crippen LogP) is 2.98. The van der Waals surface area contributed by atoms with Crippen LogP contribution in [-0.2, 0) is 0 Å². The number of nitrogens with two attached hydrogens (primary N) is 1. The molecule has 1 fully saturated rings. The van der Waals surface area contributed by atoms with E-state index in [1.807, 2.05) is 0 Å². The number of nitrogens with one attached hydrogen (secondary N) is 1. The van der Waals surface area contributed by atoms with Gasteiger partial charge in [-0.25, -0.2) is 0 Å². The van der Waals surface area contributed by atoms with E-state index in [9.17, 15) is 9.90 Å². The van der Waals surface area contributed by atoms with Crippen LogP contribution < -0.4 is 11.1 Å². The molecule has 2 rings (SSSR count). The fourth-order valence-corrected chi connectivity index (χ4v) is 2.72. The number of rotatable bonds is 3. The van der Waals surface area contributed by atoms with Crippen molar-refractivity contribution in [2.24, 2.45) is 5.41 Å². The van der Waals surface area contributed by atoms with Gasteiger partial charge in [-0.3, -0.25) is 4.79 Å².